The number of guanidine groups is 1. The quantitative estimate of drug-likeness (QED) is 0.305. The number of halogens is 4. The van der Waals surface area contributed by atoms with Crippen molar-refractivity contribution >= 4 is 41.3 Å². The summed E-state index contributed by atoms with van der Waals surface area (Å²) in [6.07, 6.45) is -1.90. The Morgan fingerprint density at radius 3 is 2.71 bits per heavy atom. The van der Waals surface area contributed by atoms with E-state index >= 15 is 0 Å². The van der Waals surface area contributed by atoms with E-state index in [9.17, 15) is 13.2 Å². The number of pyridine rings is 1. The average molecular weight is 529 g/mol. The molecule has 2 rings (SSSR count). The summed E-state index contributed by atoms with van der Waals surface area (Å²) >= 11 is 0.956. The van der Waals surface area contributed by atoms with Crippen molar-refractivity contribution in [2.24, 2.45) is 4.99 Å². The molecule has 2 aromatic heterocycles. The molecule has 11 heteroatoms. The maximum atomic E-state index is 12.6. The third kappa shape index (κ3) is 7.78. The van der Waals surface area contributed by atoms with Gasteiger partial charge in [0.15, 0.2) is 11.7 Å². The fourth-order valence-corrected chi connectivity index (χ4v) is 2.80. The highest BCUT2D eigenvalue weighted by Crippen LogP contribution is 2.29. The standard InChI is InChI=1S/C17H22F3N5OS.HI/c1-3-8-26-15-12(6-5-7-22-15)9-23-16(21-4-2)24-10-14-25-13(11-27-14)17(18,19)20;/h5-7,11H,3-4,8-10H2,1-2H3,(H2,21,23,24);1H. The van der Waals surface area contributed by atoms with Gasteiger partial charge in [0.1, 0.15) is 5.01 Å². The van der Waals surface area contributed by atoms with Crippen LogP contribution in [0.4, 0.5) is 13.2 Å². The maximum absolute atomic E-state index is 12.6. The minimum Gasteiger partial charge on any atom is -0.477 e. The number of aliphatic imine (C=N–C) groups is 1. The van der Waals surface area contributed by atoms with Crippen LogP contribution in [0.15, 0.2) is 28.7 Å². The van der Waals surface area contributed by atoms with Crippen LogP contribution in [0.5, 0.6) is 5.88 Å². The van der Waals surface area contributed by atoms with Gasteiger partial charge in [-0.15, -0.1) is 35.3 Å². The molecule has 0 aliphatic heterocycles. The van der Waals surface area contributed by atoms with E-state index in [1.165, 1.54) is 0 Å². The van der Waals surface area contributed by atoms with Crippen LogP contribution in [0.1, 0.15) is 36.5 Å². The molecule has 0 atom stereocenters. The molecule has 0 bridgehead atoms. The molecule has 2 aromatic rings. The van der Waals surface area contributed by atoms with E-state index < -0.39 is 11.9 Å². The predicted octanol–water partition coefficient (Wildman–Crippen LogP) is 4.22. The molecule has 0 fully saturated rings. The summed E-state index contributed by atoms with van der Waals surface area (Å²) in [5.41, 5.74) is -0.0453. The number of rotatable bonds is 8. The fourth-order valence-electron chi connectivity index (χ4n) is 2.06. The Kier molecular flexibility index (Phi) is 10.5. The van der Waals surface area contributed by atoms with E-state index in [0.717, 1.165) is 28.7 Å². The highest BCUT2D eigenvalue weighted by Gasteiger charge is 2.33. The van der Waals surface area contributed by atoms with Gasteiger partial charge in [-0.3, -0.25) is 0 Å². The zero-order valence-electron chi connectivity index (χ0n) is 15.5. The highest BCUT2D eigenvalue weighted by atomic mass is 127. The minimum atomic E-state index is -4.43. The highest BCUT2D eigenvalue weighted by molar-refractivity contribution is 14.0. The average Bonchev–Trinajstić information content (AvgIpc) is 3.12. The van der Waals surface area contributed by atoms with Gasteiger partial charge in [-0.05, 0) is 19.4 Å². The Morgan fingerprint density at radius 2 is 2.07 bits per heavy atom. The SMILES string of the molecule is CCCOc1ncccc1CN=C(NCC)NCc1nc(C(F)(F)F)cs1.I. The summed E-state index contributed by atoms with van der Waals surface area (Å²) in [6, 6.07) is 3.68. The van der Waals surface area contributed by atoms with Gasteiger partial charge in [-0.25, -0.2) is 15.0 Å². The first kappa shape index (κ1) is 24.4. The molecule has 0 saturated carbocycles. The fraction of sp³-hybridized carbons (Fsp3) is 0.471. The number of nitrogens with zero attached hydrogens (tertiary/aromatic N) is 3. The van der Waals surface area contributed by atoms with E-state index in [1.807, 2.05) is 19.9 Å². The van der Waals surface area contributed by atoms with Crippen LogP contribution >= 0.6 is 35.3 Å². The molecule has 2 heterocycles. The maximum Gasteiger partial charge on any atom is 0.434 e. The van der Waals surface area contributed by atoms with E-state index in [0.29, 0.717) is 36.5 Å². The molecule has 6 nitrogen and oxygen atoms in total. The zero-order chi connectivity index (χ0) is 19.7. The summed E-state index contributed by atoms with van der Waals surface area (Å²) in [7, 11) is 0. The molecular weight excluding hydrogens is 506 g/mol. The van der Waals surface area contributed by atoms with Crippen LogP contribution in [-0.2, 0) is 19.3 Å². The lowest BCUT2D eigenvalue weighted by molar-refractivity contribution is -0.140. The lowest BCUT2D eigenvalue weighted by atomic mass is 10.3. The van der Waals surface area contributed by atoms with Gasteiger partial charge in [0.2, 0.25) is 5.88 Å². The largest absolute Gasteiger partial charge is 0.477 e. The molecule has 0 radical (unpaired) electrons. The molecule has 0 aliphatic carbocycles. The Balaban J connectivity index is 0.00000392. The molecule has 0 saturated heterocycles. The Bertz CT molecular complexity index is 754. The first-order valence-corrected chi connectivity index (χ1v) is 9.42. The van der Waals surface area contributed by atoms with Crippen LogP contribution in [0.3, 0.4) is 0 Å². The lowest BCUT2D eigenvalue weighted by Crippen LogP contribution is -2.36. The second-order valence-electron chi connectivity index (χ2n) is 5.49. The topological polar surface area (TPSA) is 71.4 Å². The molecule has 0 aliphatic rings. The van der Waals surface area contributed by atoms with Crippen LogP contribution < -0.4 is 15.4 Å². The lowest BCUT2D eigenvalue weighted by Gasteiger charge is -2.11. The van der Waals surface area contributed by atoms with Gasteiger partial charge >= 0.3 is 6.18 Å². The third-order valence-corrected chi connectivity index (χ3v) is 4.14. The van der Waals surface area contributed by atoms with Crippen molar-refractivity contribution in [3.8, 4) is 5.88 Å². The zero-order valence-corrected chi connectivity index (χ0v) is 18.7. The van der Waals surface area contributed by atoms with Crippen molar-refractivity contribution in [1.29, 1.82) is 0 Å². The summed E-state index contributed by atoms with van der Waals surface area (Å²) in [5, 5.41) is 7.39. The number of hydrogen-bond donors (Lipinski definition) is 2. The van der Waals surface area contributed by atoms with Crippen LogP contribution in [0, 0.1) is 0 Å². The monoisotopic (exact) mass is 529 g/mol. The normalized spacial score (nSPS) is 11.7. The number of alkyl halides is 3. The summed E-state index contributed by atoms with van der Waals surface area (Å²) < 4.78 is 43.5. The van der Waals surface area contributed by atoms with Crippen molar-refractivity contribution in [1.82, 2.24) is 20.6 Å². The van der Waals surface area contributed by atoms with E-state index in [-0.39, 0.29) is 30.5 Å². The van der Waals surface area contributed by atoms with Crippen molar-refractivity contribution in [2.45, 2.75) is 39.5 Å². The molecular formula is C17H23F3IN5OS. The first-order chi connectivity index (χ1) is 12.9. The second kappa shape index (κ2) is 12.0. The molecule has 0 unspecified atom stereocenters. The number of hydrogen-bond acceptors (Lipinski definition) is 5. The van der Waals surface area contributed by atoms with E-state index in [1.54, 1.807) is 12.3 Å². The minimum absolute atomic E-state index is 0. The van der Waals surface area contributed by atoms with E-state index in [2.05, 4.69) is 25.6 Å². The molecule has 0 amide bonds. The molecule has 0 aromatic carbocycles. The van der Waals surface area contributed by atoms with Gasteiger partial charge in [0, 0.05) is 23.7 Å². The Labute approximate surface area is 183 Å². The van der Waals surface area contributed by atoms with Crippen molar-refractivity contribution < 1.29 is 17.9 Å². The molecule has 0 spiro atoms. The molecule has 2 N–H and O–H groups in total. The Hall–Kier alpha value is -1.63. The summed E-state index contributed by atoms with van der Waals surface area (Å²) in [6.45, 7) is 5.58. The van der Waals surface area contributed by atoms with Crippen molar-refractivity contribution in [2.75, 3.05) is 13.2 Å². The summed E-state index contributed by atoms with van der Waals surface area (Å²) in [5.74, 6) is 1.01. The van der Waals surface area contributed by atoms with Gasteiger partial charge in [-0.2, -0.15) is 13.2 Å². The van der Waals surface area contributed by atoms with Gasteiger partial charge < -0.3 is 15.4 Å². The Morgan fingerprint density at radius 1 is 1.29 bits per heavy atom. The van der Waals surface area contributed by atoms with E-state index in [4.69, 9.17) is 4.74 Å². The predicted molar refractivity (Wildman–Crippen MR) is 114 cm³/mol. The molecule has 28 heavy (non-hydrogen) atoms. The smallest absolute Gasteiger partial charge is 0.434 e. The van der Waals surface area contributed by atoms with Gasteiger partial charge in [0.05, 0.1) is 19.7 Å². The van der Waals surface area contributed by atoms with Crippen LogP contribution in [0.25, 0.3) is 0 Å². The van der Waals surface area contributed by atoms with Crippen molar-refractivity contribution in [3.05, 3.63) is 40.0 Å². The number of aromatic nitrogens is 2. The second-order valence-corrected chi connectivity index (χ2v) is 6.43. The molecule has 156 valence electrons. The van der Waals surface area contributed by atoms with Crippen molar-refractivity contribution in [3.63, 3.8) is 0 Å². The number of thiazole rings is 1. The number of nitrogens with one attached hydrogen (secondary N) is 2. The number of ether oxygens (including phenoxy) is 1. The third-order valence-electron chi connectivity index (χ3n) is 3.29. The van der Waals surface area contributed by atoms with Gasteiger partial charge in [-0.1, -0.05) is 13.0 Å². The van der Waals surface area contributed by atoms with Crippen LogP contribution in [-0.4, -0.2) is 29.1 Å². The summed E-state index contributed by atoms with van der Waals surface area (Å²) in [4.78, 5) is 12.3. The van der Waals surface area contributed by atoms with Crippen LogP contribution in [0.2, 0.25) is 0 Å². The first-order valence-electron chi connectivity index (χ1n) is 8.54. The van der Waals surface area contributed by atoms with Gasteiger partial charge in [0.25, 0.3) is 0 Å².